The summed E-state index contributed by atoms with van der Waals surface area (Å²) in [5.74, 6) is -0.217. The Balaban J connectivity index is 1.50. The maximum atomic E-state index is 14.7. The van der Waals surface area contributed by atoms with Crippen molar-refractivity contribution in [2.75, 3.05) is 25.6 Å². The molecule has 0 aliphatic heterocycles. The maximum absolute atomic E-state index is 14.7. The minimum absolute atomic E-state index is 0.132. The number of aromatic carboxylic acids is 1. The van der Waals surface area contributed by atoms with E-state index < -0.39 is 5.97 Å². The lowest BCUT2D eigenvalue weighted by Gasteiger charge is -2.11. The highest BCUT2D eigenvalue weighted by molar-refractivity contribution is 7.17. The number of hydrogen-bond donors (Lipinski definition) is 2. The Morgan fingerprint density at radius 3 is 2.88 bits per heavy atom. The summed E-state index contributed by atoms with van der Waals surface area (Å²) in [5.41, 5.74) is 1.35. The van der Waals surface area contributed by atoms with Crippen LogP contribution in [0.25, 0.3) is 20.7 Å². The van der Waals surface area contributed by atoms with Gasteiger partial charge in [0.15, 0.2) is 16.4 Å². The fourth-order valence-electron chi connectivity index (χ4n) is 3.34. The molecule has 0 bridgehead atoms. The minimum atomic E-state index is -1.04. The predicted octanol–water partition coefficient (Wildman–Crippen LogP) is 5.32. The van der Waals surface area contributed by atoms with Crippen LogP contribution < -0.4 is 14.8 Å². The molecule has 166 valence electrons. The van der Waals surface area contributed by atoms with Gasteiger partial charge in [-0.25, -0.2) is 19.2 Å². The molecule has 3 heterocycles. The highest BCUT2D eigenvalue weighted by Crippen LogP contribution is 2.36. The van der Waals surface area contributed by atoms with E-state index in [1.54, 1.807) is 19.1 Å². The Hall–Kier alpha value is -3.24. The molecule has 0 fully saturated rings. The number of nitrogens with zero attached hydrogens (tertiary/aromatic N) is 2. The summed E-state index contributed by atoms with van der Waals surface area (Å²) in [5, 5.41) is 15.3. The number of methoxy groups -OCH3 is 1. The Kier molecular flexibility index (Phi) is 6.52. The molecule has 7 nitrogen and oxygen atoms in total. The van der Waals surface area contributed by atoms with Crippen LogP contribution in [0.2, 0.25) is 0 Å². The van der Waals surface area contributed by atoms with Crippen LogP contribution in [0, 0.1) is 5.82 Å². The first-order chi connectivity index (χ1) is 15.5. The number of hydrogen-bond acceptors (Lipinski definition) is 8. The lowest BCUT2D eigenvalue weighted by molar-refractivity contribution is 0.0698. The van der Waals surface area contributed by atoms with E-state index >= 15 is 0 Å². The molecular formula is C22H20FN3O4S2. The molecular weight excluding hydrogens is 453 g/mol. The fourth-order valence-corrected chi connectivity index (χ4v) is 5.06. The Labute approximate surface area is 191 Å². The van der Waals surface area contributed by atoms with Crippen molar-refractivity contribution in [1.29, 1.82) is 0 Å². The van der Waals surface area contributed by atoms with Crippen molar-refractivity contribution in [1.82, 2.24) is 9.97 Å². The zero-order chi connectivity index (χ0) is 22.7. The van der Waals surface area contributed by atoms with E-state index in [1.807, 2.05) is 17.5 Å². The monoisotopic (exact) mass is 473 g/mol. The minimum Gasteiger partial charge on any atom is -0.493 e. The number of aromatic nitrogens is 2. The van der Waals surface area contributed by atoms with Gasteiger partial charge in [0.05, 0.1) is 29.0 Å². The number of rotatable bonds is 9. The molecule has 4 aromatic rings. The lowest BCUT2D eigenvalue weighted by atomic mass is 10.1. The van der Waals surface area contributed by atoms with Crippen LogP contribution in [0.15, 0.2) is 36.0 Å². The number of carbonyl (C=O) groups is 1. The first-order valence-corrected chi connectivity index (χ1v) is 11.5. The van der Waals surface area contributed by atoms with Gasteiger partial charge in [0, 0.05) is 18.7 Å². The molecule has 32 heavy (non-hydrogen) atoms. The zero-order valence-electron chi connectivity index (χ0n) is 17.3. The van der Waals surface area contributed by atoms with Crippen LogP contribution in [0.4, 0.5) is 10.2 Å². The molecule has 0 amide bonds. The SMILES string of the molecule is CCOc1cc(-c2cc(NCCc3cc4ccsc4c(F)c3OC)ncn2)sc1C(=O)O. The van der Waals surface area contributed by atoms with E-state index in [0.29, 0.717) is 46.4 Å². The van der Waals surface area contributed by atoms with Crippen molar-refractivity contribution in [3.05, 3.63) is 52.2 Å². The first kappa shape index (κ1) is 22.0. The van der Waals surface area contributed by atoms with E-state index in [0.717, 1.165) is 22.3 Å². The number of nitrogens with one attached hydrogen (secondary N) is 1. The first-order valence-electron chi connectivity index (χ1n) is 9.80. The lowest BCUT2D eigenvalue weighted by Crippen LogP contribution is -2.08. The molecule has 10 heteroatoms. The van der Waals surface area contributed by atoms with Crippen molar-refractivity contribution in [2.24, 2.45) is 0 Å². The Bertz CT molecular complexity index is 1270. The zero-order valence-corrected chi connectivity index (χ0v) is 19.0. The average Bonchev–Trinajstić information content (AvgIpc) is 3.42. The van der Waals surface area contributed by atoms with Gasteiger partial charge in [-0.05, 0) is 41.8 Å². The van der Waals surface area contributed by atoms with Crippen LogP contribution in [-0.2, 0) is 6.42 Å². The quantitative estimate of drug-likeness (QED) is 0.340. The second-order valence-electron chi connectivity index (χ2n) is 6.73. The number of ether oxygens (including phenoxy) is 2. The normalized spacial score (nSPS) is 11.0. The molecule has 1 aromatic carbocycles. The van der Waals surface area contributed by atoms with Gasteiger partial charge in [-0.3, -0.25) is 0 Å². The summed E-state index contributed by atoms with van der Waals surface area (Å²) < 4.78 is 26.0. The number of thiophene rings is 2. The predicted molar refractivity (Wildman–Crippen MR) is 124 cm³/mol. The van der Waals surface area contributed by atoms with E-state index in [4.69, 9.17) is 9.47 Å². The van der Waals surface area contributed by atoms with Gasteiger partial charge in [0.1, 0.15) is 17.9 Å². The van der Waals surface area contributed by atoms with Crippen molar-refractivity contribution < 1.29 is 23.8 Å². The van der Waals surface area contributed by atoms with Crippen LogP contribution in [0.1, 0.15) is 22.2 Å². The summed E-state index contributed by atoms with van der Waals surface area (Å²) in [6.07, 6.45) is 1.94. The summed E-state index contributed by atoms with van der Waals surface area (Å²) in [4.78, 5) is 20.8. The summed E-state index contributed by atoms with van der Waals surface area (Å²) in [6.45, 7) is 2.66. The average molecular weight is 474 g/mol. The van der Waals surface area contributed by atoms with Crippen LogP contribution in [-0.4, -0.2) is 41.3 Å². The number of fused-ring (bicyclic) bond motifs is 1. The van der Waals surface area contributed by atoms with Crippen LogP contribution in [0.3, 0.4) is 0 Å². The van der Waals surface area contributed by atoms with Gasteiger partial charge in [0.25, 0.3) is 0 Å². The molecule has 0 saturated carbocycles. The maximum Gasteiger partial charge on any atom is 0.349 e. The van der Waals surface area contributed by atoms with Crippen molar-refractivity contribution in [3.8, 4) is 22.1 Å². The van der Waals surface area contributed by atoms with Crippen LogP contribution >= 0.6 is 22.7 Å². The van der Waals surface area contributed by atoms with Gasteiger partial charge in [-0.1, -0.05) is 0 Å². The molecule has 0 aliphatic carbocycles. The summed E-state index contributed by atoms with van der Waals surface area (Å²) >= 11 is 2.45. The Morgan fingerprint density at radius 2 is 2.12 bits per heavy atom. The van der Waals surface area contributed by atoms with E-state index in [2.05, 4.69) is 15.3 Å². The van der Waals surface area contributed by atoms with Gasteiger partial charge >= 0.3 is 5.97 Å². The van der Waals surface area contributed by atoms with E-state index in [1.165, 1.54) is 24.8 Å². The third-order valence-corrected chi connectivity index (χ3v) is 6.78. The number of benzene rings is 1. The van der Waals surface area contributed by atoms with Crippen molar-refractivity contribution in [3.63, 3.8) is 0 Å². The highest BCUT2D eigenvalue weighted by atomic mass is 32.1. The van der Waals surface area contributed by atoms with Gasteiger partial charge < -0.3 is 19.9 Å². The fraction of sp³-hybridized carbons (Fsp3) is 0.227. The molecule has 0 unspecified atom stereocenters. The van der Waals surface area contributed by atoms with Gasteiger partial charge in [-0.2, -0.15) is 0 Å². The standard InChI is InChI=1S/C22H20FN3O4S2/c1-3-30-15-10-16(32-21(15)22(27)28)14-9-17(26-11-25-14)24-6-4-12-8-13-5-7-31-20(13)18(23)19(12)29-2/h5,7-11H,3-4,6H2,1-2H3,(H,27,28)(H,24,25,26). The number of halogens is 1. The number of anilines is 1. The molecule has 0 saturated heterocycles. The molecule has 4 rings (SSSR count). The van der Waals surface area contributed by atoms with E-state index in [-0.39, 0.29) is 16.4 Å². The van der Waals surface area contributed by atoms with E-state index in [9.17, 15) is 14.3 Å². The third kappa shape index (κ3) is 4.37. The number of carboxylic acid groups (broad SMARTS) is 1. The summed E-state index contributed by atoms with van der Waals surface area (Å²) in [7, 11) is 1.47. The molecule has 0 radical (unpaired) electrons. The van der Waals surface area contributed by atoms with Crippen molar-refractivity contribution >= 4 is 44.5 Å². The van der Waals surface area contributed by atoms with Gasteiger partial charge in [0.2, 0.25) is 0 Å². The topological polar surface area (TPSA) is 93.6 Å². The third-order valence-electron chi connectivity index (χ3n) is 4.73. The molecule has 3 aromatic heterocycles. The highest BCUT2D eigenvalue weighted by Gasteiger charge is 2.19. The summed E-state index contributed by atoms with van der Waals surface area (Å²) in [6, 6.07) is 7.24. The Morgan fingerprint density at radius 1 is 1.28 bits per heavy atom. The molecule has 2 N–H and O–H groups in total. The van der Waals surface area contributed by atoms with Gasteiger partial charge in [-0.15, -0.1) is 22.7 Å². The smallest absolute Gasteiger partial charge is 0.349 e. The largest absolute Gasteiger partial charge is 0.493 e. The molecule has 0 atom stereocenters. The molecule has 0 spiro atoms. The van der Waals surface area contributed by atoms with Crippen LogP contribution in [0.5, 0.6) is 11.5 Å². The second kappa shape index (κ2) is 9.49. The number of carboxylic acids is 1. The molecule has 0 aliphatic rings. The second-order valence-corrected chi connectivity index (χ2v) is 8.70. The van der Waals surface area contributed by atoms with Crippen molar-refractivity contribution in [2.45, 2.75) is 13.3 Å².